The summed E-state index contributed by atoms with van der Waals surface area (Å²) in [4.78, 5) is 0.0644. The Labute approximate surface area is 135 Å². The third-order valence-corrected chi connectivity index (χ3v) is 7.07. The van der Waals surface area contributed by atoms with E-state index < -0.39 is 10.0 Å². The minimum absolute atomic E-state index is 0.0584. The van der Waals surface area contributed by atoms with E-state index in [9.17, 15) is 13.5 Å². The molecule has 118 valence electrons. The van der Waals surface area contributed by atoms with Crippen LogP contribution in [-0.4, -0.2) is 37.0 Å². The van der Waals surface area contributed by atoms with Crippen LogP contribution in [0.3, 0.4) is 0 Å². The van der Waals surface area contributed by atoms with E-state index in [-0.39, 0.29) is 29.1 Å². The Morgan fingerprint density at radius 1 is 1.33 bits per heavy atom. The van der Waals surface area contributed by atoms with Crippen LogP contribution in [0.25, 0.3) is 0 Å². The molecule has 1 N–H and O–H groups in total. The quantitative estimate of drug-likeness (QED) is 0.886. The summed E-state index contributed by atoms with van der Waals surface area (Å²) in [5.41, 5.74) is 1.08. The Balaban J connectivity index is 2.57. The normalized spacial score (nSPS) is 16.3. The summed E-state index contributed by atoms with van der Waals surface area (Å²) in [7, 11) is -3.77. The summed E-state index contributed by atoms with van der Waals surface area (Å²) in [6.07, 6.45) is 2.63. The fourth-order valence-electron chi connectivity index (χ4n) is 2.51. The second kappa shape index (κ2) is 6.42. The molecule has 0 bridgehead atoms. The van der Waals surface area contributed by atoms with Crippen molar-refractivity contribution in [1.82, 2.24) is 4.31 Å². The Morgan fingerprint density at radius 2 is 1.95 bits per heavy atom. The number of nitrogens with zero attached hydrogens (tertiary/aromatic N) is 1. The molecule has 7 heteroatoms. The summed E-state index contributed by atoms with van der Waals surface area (Å²) < 4.78 is 27.3. The van der Waals surface area contributed by atoms with Gasteiger partial charge in [0.2, 0.25) is 10.0 Å². The number of hydrogen-bond acceptors (Lipinski definition) is 3. The van der Waals surface area contributed by atoms with Crippen molar-refractivity contribution in [1.29, 1.82) is 0 Å². The van der Waals surface area contributed by atoms with Crippen LogP contribution in [0.4, 0.5) is 0 Å². The highest BCUT2D eigenvalue weighted by molar-refractivity contribution is 7.89. The number of aliphatic hydroxyl groups is 1. The minimum Gasteiger partial charge on any atom is -0.395 e. The minimum atomic E-state index is -3.77. The summed E-state index contributed by atoms with van der Waals surface area (Å²) >= 11 is 12.4. The van der Waals surface area contributed by atoms with Gasteiger partial charge in [-0.3, -0.25) is 0 Å². The molecule has 0 heterocycles. The summed E-state index contributed by atoms with van der Waals surface area (Å²) in [6, 6.07) is 1.61. The molecule has 0 saturated heterocycles. The summed E-state index contributed by atoms with van der Waals surface area (Å²) in [5, 5.41) is 9.79. The van der Waals surface area contributed by atoms with Crippen LogP contribution in [0, 0.1) is 13.8 Å². The highest BCUT2D eigenvalue weighted by Gasteiger charge is 2.37. The number of aryl methyl sites for hydroxylation is 1. The van der Waals surface area contributed by atoms with Crippen LogP contribution < -0.4 is 0 Å². The first-order valence-electron chi connectivity index (χ1n) is 6.88. The zero-order valence-electron chi connectivity index (χ0n) is 12.1. The van der Waals surface area contributed by atoms with Gasteiger partial charge in [0.1, 0.15) is 4.90 Å². The van der Waals surface area contributed by atoms with Crippen molar-refractivity contribution in [3.63, 3.8) is 0 Å². The zero-order chi connectivity index (χ0) is 15.8. The van der Waals surface area contributed by atoms with E-state index in [1.807, 2.05) is 0 Å². The monoisotopic (exact) mass is 351 g/mol. The predicted molar refractivity (Wildman–Crippen MR) is 84.6 cm³/mol. The van der Waals surface area contributed by atoms with Crippen molar-refractivity contribution in [3.05, 3.63) is 27.2 Å². The standard InChI is InChI=1S/C14H19Cl2NO3S/c1-9-8-12(15)10(2)14(13(9)16)21(19,20)17(6-7-18)11-4-3-5-11/h8,11,18H,3-7H2,1-2H3. The Kier molecular flexibility index (Phi) is 5.21. The van der Waals surface area contributed by atoms with E-state index >= 15 is 0 Å². The number of aliphatic hydroxyl groups excluding tert-OH is 1. The fourth-order valence-corrected chi connectivity index (χ4v) is 5.36. The van der Waals surface area contributed by atoms with E-state index in [4.69, 9.17) is 23.2 Å². The maximum Gasteiger partial charge on any atom is 0.245 e. The first-order valence-corrected chi connectivity index (χ1v) is 9.08. The van der Waals surface area contributed by atoms with Crippen molar-refractivity contribution < 1.29 is 13.5 Å². The number of sulfonamides is 1. The van der Waals surface area contributed by atoms with Gasteiger partial charge < -0.3 is 5.11 Å². The number of halogens is 2. The van der Waals surface area contributed by atoms with Crippen LogP contribution >= 0.6 is 23.2 Å². The number of rotatable bonds is 5. The van der Waals surface area contributed by atoms with Crippen LogP contribution in [0.1, 0.15) is 30.4 Å². The first-order chi connectivity index (χ1) is 9.80. The molecule has 1 aliphatic carbocycles. The zero-order valence-corrected chi connectivity index (χ0v) is 14.4. The molecule has 21 heavy (non-hydrogen) atoms. The van der Waals surface area contributed by atoms with Gasteiger partial charge in [-0.05, 0) is 43.9 Å². The topological polar surface area (TPSA) is 57.6 Å². The van der Waals surface area contributed by atoms with Crippen molar-refractivity contribution in [3.8, 4) is 0 Å². The molecule has 1 aromatic carbocycles. The summed E-state index contributed by atoms with van der Waals surface area (Å²) in [6.45, 7) is 3.24. The van der Waals surface area contributed by atoms with E-state index in [1.54, 1.807) is 19.9 Å². The van der Waals surface area contributed by atoms with Gasteiger partial charge in [-0.2, -0.15) is 4.31 Å². The van der Waals surface area contributed by atoms with Gasteiger partial charge in [0.15, 0.2) is 0 Å². The molecule has 0 aromatic heterocycles. The molecule has 2 rings (SSSR count). The van der Waals surface area contributed by atoms with Gasteiger partial charge in [0, 0.05) is 17.6 Å². The molecule has 1 aromatic rings. The molecule has 0 aliphatic heterocycles. The third kappa shape index (κ3) is 3.08. The molecule has 0 amide bonds. The molecule has 1 saturated carbocycles. The molecular formula is C14H19Cl2NO3S. The van der Waals surface area contributed by atoms with Crippen LogP contribution in [0.15, 0.2) is 11.0 Å². The van der Waals surface area contributed by atoms with Gasteiger partial charge in [-0.1, -0.05) is 29.6 Å². The van der Waals surface area contributed by atoms with Gasteiger partial charge >= 0.3 is 0 Å². The van der Waals surface area contributed by atoms with Crippen LogP contribution in [0.5, 0.6) is 0 Å². The lowest BCUT2D eigenvalue weighted by molar-refractivity contribution is 0.178. The Morgan fingerprint density at radius 3 is 2.43 bits per heavy atom. The fraction of sp³-hybridized carbons (Fsp3) is 0.571. The lowest BCUT2D eigenvalue weighted by Gasteiger charge is -2.36. The Bertz CT molecular complexity index is 616. The largest absolute Gasteiger partial charge is 0.395 e. The van der Waals surface area contributed by atoms with Gasteiger partial charge in [-0.15, -0.1) is 0 Å². The summed E-state index contributed by atoms with van der Waals surface area (Å²) in [5.74, 6) is 0. The van der Waals surface area contributed by atoms with Gasteiger partial charge in [0.25, 0.3) is 0 Å². The van der Waals surface area contributed by atoms with E-state index in [1.165, 1.54) is 4.31 Å². The highest BCUT2D eigenvalue weighted by atomic mass is 35.5. The second-order valence-corrected chi connectivity index (χ2v) is 7.98. The Hall–Kier alpha value is -0.330. The lowest BCUT2D eigenvalue weighted by atomic mass is 9.93. The molecule has 0 unspecified atom stereocenters. The second-order valence-electron chi connectivity index (χ2n) is 5.37. The lowest BCUT2D eigenvalue weighted by Crippen LogP contribution is -2.45. The number of benzene rings is 1. The maximum absolute atomic E-state index is 13.0. The third-order valence-electron chi connectivity index (χ3n) is 3.96. The first kappa shape index (κ1) is 17.0. The van der Waals surface area contributed by atoms with Gasteiger partial charge in [-0.25, -0.2) is 8.42 Å². The maximum atomic E-state index is 13.0. The molecule has 1 fully saturated rings. The average molecular weight is 352 g/mol. The van der Waals surface area contributed by atoms with E-state index in [2.05, 4.69) is 0 Å². The van der Waals surface area contributed by atoms with E-state index in [0.717, 1.165) is 19.3 Å². The van der Waals surface area contributed by atoms with Crippen molar-refractivity contribution in [2.75, 3.05) is 13.2 Å². The van der Waals surface area contributed by atoms with E-state index in [0.29, 0.717) is 16.1 Å². The predicted octanol–water partition coefficient (Wildman–Crippen LogP) is 3.15. The molecule has 0 atom stereocenters. The average Bonchev–Trinajstić information content (AvgIpc) is 2.34. The van der Waals surface area contributed by atoms with Crippen molar-refractivity contribution in [2.24, 2.45) is 0 Å². The molecule has 0 spiro atoms. The molecular weight excluding hydrogens is 333 g/mol. The molecule has 1 aliphatic rings. The van der Waals surface area contributed by atoms with Gasteiger partial charge in [0.05, 0.1) is 11.6 Å². The van der Waals surface area contributed by atoms with Crippen molar-refractivity contribution >= 4 is 33.2 Å². The molecule has 0 radical (unpaired) electrons. The smallest absolute Gasteiger partial charge is 0.245 e. The molecule has 4 nitrogen and oxygen atoms in total. The van der Waals surface area contributed by atoms with Crippen molar-refractivity contribution in [2.45, 2.75) is 44.0 Å². The number of hydrogen-bond donors (Lipinski definition) is 1. The SMILES string of the molecule is Cc1cc(Cl)c(C)c(S(=O)(=O)N(CCO)C2CCC2)c1Cl. The highest BCUT2D eigenvalue weighted by Crippen LogP contribution is 2.37. The van der Waals surface area contributed by atoms with Crippen LogP contribution in [-0.2, 0) is 10.0 Å². The van der Waals surface area contributed by atoms with Crippen LogP contribution in [0.2, 0.25) is 10.0 Å².